The lowest BCUT2D eigenvalue weighted by molar-refractivity contribution is 0.527. The van der Waals surface area contributed by atoms with Crippen LogP contribution in [-0.4, -0.2) is 46.6 Å². The topological polar surface area (TPSA) is 66.8 Å². The van der Waals surface area contributed by atoms with Gasteiger partial charge in [0.15, 0.2) is 11.0 Å². The molecule has 1 N–H and O–H groups in total. The molecule has 0 unspecified atom stereocenters. The monoisotopic (exact) mass is 334 g/mol. The maximum Gasteiger partial charge on any atom is 0.151 e. The fraction of sp³-hybridized carbons (Fsp3) is 0.500. The molecule has 2 aliphatic rings. The van der Waals surface area contributed by atoms with Gasteiger partial charge in [0.05, 0.1) is 11.4 Å². The van der Waals surface area contributed by atoms with Crippen LogP contribution in [0, 0.1) is 13.8 Å². The summed E-state index contributed by atoms with van der Waals surface area (Å²) in [5.41, 5.74) is 1.86. The standard InChI is InChI=1S/C8H11N3.C5H5ClN2.C3H7N/c1-7-3-4-8(10-9-7)11-5-2-6-11;1-4-2-3-5(6)8-7-4;1-2-4-3-1/h3-4H,2,5-6H2,1H3;2-3H,1H3;4H,1-3H2. The van der Waals surface area contributed by atoms with Crippen molar-refractivity contribution in [1.29, 1.82) is 0 Å². The summed E-state index contributed by atoms with van der Waals surface area (Å²) in [6, 6.07) is 7.56. The van der Waals surface area contributed by atoms with E-state index in [9.17, 15) is 0 Å². The first kappa shape index (κ1) is 17.6. The second-order valence-electron chi connectivity index (χ2n) is 5.47. The molecule has 2 saturated heterocycles. The predicted octanol–water partition coefficient (Wildman–Crippen LogP) is 2.41. The molecule has 4 rings (SSSR count). The van der Waals surface area contributed by atoms with Crippen LogP contribution in [-0.2, 0) is 0 Å². The minimum Gasteiger partial charge on any atom is -0.355 e. The van der Waals surface area contributed by atoms with E-state index in [2.05, 4.69) is 30.6 Å². The van der Waals surface area contributed by atoms with E-state index in [-0.39, 0.29) is 0 Å². The third-order valence-electron chi connectivity index (χ3n) is 3.44. The molecule has 0 atom stereocenters. The average Bonchev–Trinajstić information content (AvgIpc) is 2.42. The lowest BCUT2D eigenvalue weighted by atomic mass is 10.2. The minimum atomic E-state index is 0.440. The van der Waals surface area contributed by atoms with Crippen LogP contribution in [0.15, 0.2) is 24.3 Å². The third kappa shape index (κ3) is 6.46. The number of hydrogen-bond acceptors (Lipinski definition) is 6. The van der Waals surface area contributed by atoms with Crippen molar-refractivity contribution < 1.29 is 0 Å². The zero-order valence-corrected chi connectivity index (χ0v) is 14.4. The van der Waals surface area contributed by atoms with Crippen LogP contribution in [0.4, 0.5) is 5.82 Å². The van der Waals surface area contributed by atoms with Crippen molar-refractivity contribution in [3.63, 3.8) is 0 Å². The first-order chi connectivity index (χ1) is 11.1. The number of hydrogen-bond donors (Lipinski definition) is 1. The molecular weight excluding hydrogens is 312 g/mol. The van der Waals surface area contributed by atoms with Gasteiger partial charge < -0.3 is 10.2 Å². The molecule has 0 amide bonds. The highest BCUT2D eigenvalue weighted by molar-refractivity contribution is 6.29. The Bertz CT molecular complexity index is 539. The Hall–Kier alpha value is -1.79. The van der Waals surface area contributed by atoms with E-state index in [0.717, 1.165) is 30.3 Å². The normalized spacial score (nSPS) is 15.2. The molecular formula is C16H23ClN6. The molecule has 4 heterocycles. The smallest absolute Gasteiger partial charge is 0.151 e. The maximum absolute atomic E-state index is 5.44. The lowest BCUT2D eigenvalue weighted by Crippen LogP contribution is -2.37. The highest BCUT2D eigenvalue weighted by Crippen LogP contribution is 2.15. The van der Waals surface area contributed by atoms with Crippen molar-refractivity contribution >= 4 is 17.4 Å². The van der Waals surface area contributed by atoms with E-state index in [0.29, 0.717) is 5.15 Å². The van der Waals surface area contributed by atoms with Gasteiger partial charge in [-0.1, -0.05) is 11.6 Å². The molecule has 2 aromatic rings. The number of nitrogens with zero attached hydrogens (tertiary/aromatic N) is 5. The van der Waals surface area contributed by atoms with E-state index >= 15 is 0 Å². The molecule has 0 aliphatic carbocycles. The Morgan fingerprint density at radius 2 is 1.43 bits per heavy atom. The number of anilines is 1. The van der Waals surface area contributed by atoms with Crippen LogP contribution < -0.4 is 10.2 Å². The van der Waals surface area contributed by atoms with Gasteiger partial charge in [0.1, 0.15) is 0 Å². The van der Waals surface area contributed by atoms with Gasteiger partial charge in [0, 0.05) is 13.1 Å². The molecule has 7 heteroatoms. The summed E-state index contributed by atoms with van der Waals surface area (Å²) >= 11 is 5.44. The molecule has 124 valence electrons. The van der Waals surface area contributed by atoms with Gasteiger partial charge in [-0.15, -0.1) is 10.2 Å². The van der Waals surface area contributed by atoms with Crippen molar-refractivity contribution in [2.75, 3.05) is 31.1 Å². The molecule has 6 nitrogen and oxygen atoms in total. The molecule has 0 aromatic carbocycles. The quantitative estimate of drug-likeness (QED) is 0.864. The Balaban J connectivity index is 0.000000140. The highest BCUT2D eigenvalue weighted by Gasteiger charge is 2.15. The first-order valence-electron chi connectivity index (χ1n) is 7.87. The van der Waals surface area contributed by atoms with Crippen molar-refractivity contribution in [3.05, 3.63) is 40.8 Å². The highest BCUT2D eigenvalue weighted by atomic mass is 35.5. The van der Waals surface area contributed by atoms with E-state index in [1.807, 2.05) is 32.0 Å². The number of halogens is 1. The molecule has 0 bridgehead atoms. The van der Waals surface area contributed by atoms with Gasteiger partial charge in [-0.3, -0.25) is 0 Å². The number of rotatable bonds is 1. The van der Waals surface area contributed by atoms with Gasteiger partial charge in [-0.05, 0) is 64.0 Å². The van der Waals surface area contributed by atoms with Crippen molar-refractivity contribution in [2.45, 2.75) is 26.7 Å². The summed E-state index contributed by atoms with van der Waals surface area (Å²) in [5, 5.41) is 18.9. The van der Waals surface area contributed by atoms with Gasteiger partial charge in [-0.25, -0.2) is 0 Å². The number of aryl methyl sites for hydroxylation is 2. The van der Waals surface area contributed by atoms with Crippen molar-refractivity contribution in [1.82, 2.24) is 25.7 Å². The molecule has 2 fully saturated rings. The van der Waals surface area contributed by atoms with Crippen LogP contribution in [0.5, 0.6) is 0 Å². The number of aromatic nitrogens is 4. The fourth-order valence-electron chi connectivity index (χ4n) is 1.67. The molecule has 0 radical (unpaired) electrons. The third-order valence-corrected chi connectivity index (χ3v) is 3.64. The summed E-state index contributed by atoms with van der Waals surface area (Å²) in [6.45, 7) is 8.59. The van der Waals surface area contributed by atoms with Crippen LogP contribution in [0.3, 0.4) is 0 Å². The van der Waals surface area contributed by atoms with Crippen LogP contribution >= 0.6 is 11.6 Å². The zero-order valence-electron chi connectivity index (χ0n) is 13.7. The number of nitrogens with one attached hydrogen (secondary N) is 1. The Morgan fingerprint density at radius 1 is 0.870 bits per heavy atom. The molecule has 0 spiro atoms. The second-order valence-corrected chi connectivity index (χ2v) is 5.86. The SMILES string of the molecule is C1CNC1.Cc1ccc(Cl)nn1.Cc1ccc(N2CCC2)nn1. The van der Waals surface area contributed by atoms with E-state index in [1.165, 1.54) is 25.9 Å². The molecule has 2 aromatic heterocycles. The Labute approximate surface area is 142 Å². The van der Waals surface area contributed by atoms with Crippen molar-refractivity contribution in [2.24, 2.45) is 0 Å². The van der Waals surface area contributed by atoms with Crippen LogP contribution in [0.25, 0.3) is 0 Å². The summed E-state index contributed by atoms with van der Waals surface area (Å²) in [6.07, 6.45) is 2.68. The molecule has 2 aliphatic heterocycles. The lowest BCUT2D eigenvalue weighted by Gasteiger charge is -2.31. The minimum absolute atomic E-state index is 0.440. The average molecular weight is 335 g/mol. The van der Waals surface area contributed by atoms with E-state index < -0.39 is 0 Å². The summed E-state index contributed by atoms with van der Waals surface area (Å²) in [7, 11) is 0. The first-order valence-corrected chi connectivity index (χ1v) is 8.25. The van der Waals surface area contributed by atoms with Gasteiger partial charge in [0.2, 0.25) is 0 Å². The van der Waals surface area contributed by atoms with Gasteiger partial charge >= 0.3 is 0 Å². The predicted molar refractivity (Wildman–Crippen MR) is 92.9 cm³/mol. The summed E-state index contributed by atoms with van der Waals surface area (Å²) < 4.78 is 0. The van der Waals surface area contributed by atoms with E-state index in [4.69, 9.17) is 11.6 Å². The fourth-order valence-corrected chi connectivity index (χ4v) is 1.77. The van der Waals surface area contributed by atoms with Gasteiger partial charge in [0.25, 0.3) is 0 Å². The largest absolute Gasteiger partial charge is 0.355 e. The Morgan fingerprint density at radius 3 is 1.74 bits per heavy atom. The second kappa shape index (κ2) is 9.37. The zero-order chi connectivity index (χ0) is 16.5. The van der Waals surface area contributed by atoms with E-state index in [1.54, 1.807) is 6.07 Å². The molecule has 0 saturated carbocycles. The Kier molecular flexibility index (Phi) is 7.16. The van der Waals surface area contributed by atoms with Crippen molar-refractivity contribution in [3.8, 4) is 0 Å². The maximum atomic E-state index is 5.44. The van der Waals surface area contributed by atoms with Crippen LogP contribution in [0.1, 0.15) is 24.2 Å². The van der Waals surface area contributed by atoms with Gasteiger partial charge in [-0.2, -0.15) is 10.2 Å². The van der Waals surface area contributed by atoms with Crippen LogP contribution in [0.2, 0.25) is 5.15 Å². The summed E-state index contributed by atoms with van der Waals surface area (Å²) in [5.74, 6) is 1.02. The molecule has 23 heavy (non-hydrogen) atoms. The summed E-state index contributed by atoms with van der Waals surface area (Å²) in [4.78, 5) is 2.23.